The summed E-state index contributed by atoms with van der Waals surface area (Å²) in [6.07, 6.45) is 2.01. The van der Waals surface area contributed by atoms with Gasteiger partial charge in [-0.1, -0.05) is 13.0 Å². The number of hydrogen-bond acceptors (Lipinski definition) is 4. The predicted molar refractivity (Wildman–Crippen MR) is 62.1 cm³/mol. The average molecular weight is 232 g/mol. The van der Waals surface area contributed by atoms with Crippen LogP contribution in [0.15, 0.2) is 24.4 Å². The van der Waals surface area contributed by atoms with Crippen LogP contribution in [-0.2, 0) is 6.42 Å². The monoisotopic (exact) mass is 232 g/mol. The van der Waals surface area contributed by atoms with Crippen LogP contribution in [-0.4, -0.2) is 25.8 Å². The van der Waals surface area contributed by atoms with Gasteiger partial charge in [0.1, 0.15) is 11.4 Å². The summed E-state index contributed by atoms with van der Waals surface area (Å²) in [4.78, 5) is 15.2. The molecule has 0 unspecified atom stereocenters. The number of hydrogen-bond donors (Lipinski definition) is 2. The number of nitrogen functional groups attached to an aromatic ring is 1. The largest absolute Gasteiger partial charge is 0.477 e. The molecule has 2 rings (SSSR count). The molecule has 2 aromatic heterocycles. The Balaban J connectivity index is 2.49. The third kappa shape index (κ3) is 1.96. The number of aromatic carboxylic acids is 1. The summed E-state index contributed by atoms with van der Waals surface area (Å²) < 4.78 is 1.32. The molecule has 17 heavy (non-hydrogen) atoms. The van der Waals surface area contributed by atoms with Crippen molar-refractivity contribution in [1.82, 2.24) is 14.8 Å². The number of nitrogens with zero attached hydrogens (tertiary/aromatic N) is 3. The van der Waals surface area contributed by atoms with Gasteiger partial charge in [-0.3, -0.25) is 0 Å². The molecular formula is C11H12N4O2. The van der Waals surface area contributed by atoms with E-state index < -0.39 is 5.97 Å². The highest BCUT2D eigenvalue weighted by Gasteiger charge is 2.15. The van der Waals surface area contributed by atoms with Gasteiger partial charge in [0.25, 0.3) is 0 Å². The van der Waals surface area contributed by atoms with Gasteiger partial charge in [-0.15, -0.1) is 0 Å². The number of carboxylic acid groups (broad SMARTS) is 1. The van der Waals surface area contributed by atoms with E-state index in [1.807, 2.05) is 19.1 Å². The zero-order valence-corrected chi connectivity index (χ0v) is 9.29. The highest BCUT2D eigenvalue weighted by Crippen LogP contribution is 2.15. The Kier molecular flexibility index (Phi) is 2.78. The lowest BCUT2D eigenvalue weighted by Crippen LogP contribution is -2.07. The van der Waals surface area contributed by atoms with Crippen LogP contribution in [0.3, 0.4) is 0 Å². The normalized spacial score (nSPS) is 10.4. The molecule has 2 heterocycles. The Morgan fingerprint density at radius 3 is 2.88 bits per heavy atom. The van der Waals surface area contributed by atoms with Crippen LogP contribution < -0.4 is 5.73 Å². The van der Waals surface area contributed by atoms with E-state index in [9.17, 15) is 4.79 Å². The van der Waals surface area contributed by atoms with E-state index in [1.54, 1.807) is 6.07 Å². The van der Waals surface area contributed by atoms with E-state index in [4.69, 9.17) is 10.8 Å². The summed E-state index contributed by atoms with van der Waals surface area (Å²) in [5, 5.41) is 12.8. The zero-order valence-electron chi connectivity index (χ0n) is 9.29. The summed E-state index contributed by atoms with van der Waals surface area (Å²) in [6.45, 7) is 1.99. The third-order valence-electron chi connectivity index (χ3n) is 2.41. The first-order valence-corrected chi connectivity index (χ1v) is 5.16. The van der Waals surface area contributed by atoms with Crippen molar-refractivity contribution < 1.29 is 9.90 Å². The van der Waals surface area contributed by atoms with Crippen LogP contribution in [0.25, 0.3) is 5.82 Å². The van der Waals surface area contributed by atoms with E-state index in [-0.39, 0.29) is 11.4 Å². The molecule has 0 aliphatic carbocycles. The topological polar surface area (TPSA) is 94.0 Å². The fourth-order valence-corrected chi connectivity index (χ4v) is 1.49. The highest BCUT2D eigenvalue weighted by molar-refractivity contribution is 5.92. The SMILES string of the molecule is CCc1cccc(-n2ncc(C(=O)O)c2N)n1. The number of carbonyl (C=O) groups is 1. The molecule has 0 saturated heterocycles. The molecule has 0 radical (unpaired) electrons. The first-order chi connectivity index (χ1) is 8.13. The van der Waals surface area contributed by atoms with Crippen molar-refractivity contribution in [3.63, 3.8) is 0 Å². The molecule has 0 aliphatic rings. The minimum Gasteiger partial charge on any atom is -0.477 e. The Hall–Kier alpha value is -2.37. The second-order valence-corrected chi connectivity index (χ2v) is 3.50. The van der Waals surface area contributed by atoms with Crippen molar-refractivity contribution in [3.8, 4) is 5.82 Å². The van der Waals surface area contributed by atoms with E-state index in [0.29, 0.717) is 5.82 Å². The molecule has 3 N–H and O–H groups in total. The molecule has 0 amide bonds. The van der Waals surface area contributed by atoms with Crippen molar-refractivity contribution in [2.45, 2.75) is 13.3 Å². The standard InChI is InChI=1S/C11H12N4O2/c1-2-7-4-3-5-9(14-7)15-10(12)8(6-13-15)11(16)17/h3-6H,2,12H2,1H3,(H,16,17). The third-order valence-corrected chi connectivity index (χ3v) is 2.41. The van der Waals surface area contributed by atoms with Crippen LogP contribution in [0.2, 0.25) is 0 Å². The van der Waals surface area contributed by atoms with Gasteiger partial charge in [-0.2, -0.15) is 9.78 Å². The first-order valence-electron chi connectivity index (χ1n) is 5.16. The average Bonchev–Trinajstić information content (AvgIpc) is 2.71. The quantitative estimate of drug-likeness (QED) is 0.826. The van der Waals surface area contributed by atoms with Crippen molar-refractivity contribution in [1.29, 1.82) is 0 Å². The molecule has 0 saturated carbocycles. The Labute approximate surface area is 97.7 Å². The molecule has 0 spiro atoms. The number of aromatic nitrogens is 3. The summed E-state index contributed by atoms with van der Waals surface area (Å²) in [6, 6.07) is 5.46. The Morgan fingerprint density at radius 2 is 2.29 bits per heavy atom. The minimum absolute atomic E-state index is 0.0197. The van der Waals surface area contributed by atoms with Crippen molar-refractivity contribution >= 4 is 11.8 Å². The van der Waals surface area contributed by atoms with Gasteiger partial charge in [0.05, 0.1) is 6.20 Å². The maximum Gasteiger partial charge on any atom is 0.341 e. The van der Waals surface area contributed by atoms with Crippen LogP contribution in [0.5, 0.6) is 0 Å². The second-order valence-electron chi connectivity index (χ2n) is 3.50. The van der Waals surface area contributed by atoms with Gasteiger partial charge >= 0.3 is 5.97 Å². The summed E-state index contributed by atoms with van der Waals surface area (Å²) in [5.41, 5.74) is 6.59. The molecule has 6 heteroatoms. The van der Waals surface area contributed by atoms with Crippen LogP contribution in [0, 0.1) is 0 Å². The van der Waals surface area contributed by atoms with Crippen molar-refractivity contribution in [2.24, 2.45) is 0 Å². The van der Waals surface area contributed by atoms with Gasteiger partial charge in [-0.05, 0) is 18.6 Å². The van der Waals surface area contributed by atoms with Crippen LogP contribution in [0.1, 0.15) is 23.0 Å². The molecular weight excluding hydrogens is 220 g/mol. The molecule has 0 fully saturated rings. The first kappa shape index (κ1) is 11.1. The molecule has 2 aromatic rings. The molecule has 0 bridgehead atoms. The van der Waals surface area contributed by atoms with Gasteiger partial charge in [0.2, 0.25) is 0 Å². The maximum atomic E-state index is 10.8. The lowest BCUT2D eigenvalue weighted by atomic mass is 10.3. The lowest BCUT2D eigenvalue weighted by molar-refractivity contribution is 0.0698. The summed E-state index contributed by atoms with van der Waals surface area (Å²) >= 11 is 0. The summed E-state index contributed by atoms with van der Waals surface area (Å²) in [5.74, 6) is -0.493. The number of pyridine rings is 1. The Bertz CT molecular complexity index is 562. The van der Waals surface area contributed by atoms with Crippen molar-refractivity contribution in [2.75, 3.05) is 5.73 Å². The fraction of sp³-hybridized carbons (Fsp3) is 0.182. The molecule has 0 aliphatic heterocycles. The molecule has 0 atom stereocenters. The molecule has 88 valence electrons. The Morgan fingerprint density at radius 1 is 1.53 bits per heavy atom. The number of carboxylic acids is 1. The summed E-state index contributed by atoms with van der Waals surface area (Å²) in [7, 11) is 0. The number of aryl methyl sites for hydroxylation is 1. The molecule has 6 nitrogen and oxygen atoms in total. The minimum atomic E-state index is -1.10. The highest BCUT2D eigenvalue weighted by atomic mass is 16.4. The number of anilines is 1. The fourth-order valence-electron chi connectivity index (χ4n) is 1.49. The van der Waals surface area contributed by atoms with E-state index in [1.165, 1.54) is 10.9 Å². The van der Waals surface area contributed by atoms with Gasteiger partial charge in [-0.25, -0.2) is 9.78 Å². The number of rotatable bonds is 3. The zero-order chi connectivity index (χ0) is 12.4. The molecule has 0 aromatic carbocycles. The van der Waals surface area contributed by atoms with Crippen molar-refractivity contribution in [3.05, 3.63) is 35.7 Å². The van der Waals surface area contributed by atoms with E-state index in [2.05, 4.69) is 10.1 Å². The lowest BCUT2D eigenvalue weighted by Gasteiger charge is -2.04. The van der Waals surface area contributed by atoms with Crippen LogP contribution in [0.4, 0.5) is 5.82 Å². The second kappa shape index (κ2) is 4.25. The smallest absolute Gasteiger partial charge is 0.341 e. The maximum absolute atomic E-state index is 10.8. The van der Waals surface area contributed by atoms with Gasteiger partial charge in [0, 0.05) is 5.69 Å². The predicted octanol–water partition coefficient (Wildman–Crippen LogP) is 1.11. The van der Waals surface area contributed by atoms with E-state index >= 15 is 0 Å². The van der Waals surface area contributed by atoms with Crippen LogP contribution >= 0.6 is 0 Å². The number of nitrogens with two attached hydrogens (primary N) is 1. The van der Waals surface area contributed by atoms with Gasteiger partial charge < -0.3 is 10.8 Å². The van der Waals surface area contributed by atoms with E-state index in [0.717, 1.165) is 12.1 Å². The van der Waals surface area contributed by atoms with Gasteiger partial charge in [0.15, 0.2) is 5.82 Å².